The number of carbonyl (C=O) groups excluding carboxylic acids is 2. The Balaban J connectivity index is 1.39. The van der Waals surface area contributed by atoms with Crippen LogP contribution in [0, 0.1) is 0 Å². The zero-order valence-electron chi connectivity index (χ0n) is 23.5. The van der Waals surface area contributed by atoms with E-state index >= 15 is 0 Å². The number of nitrogens with one attached hydrogen (secondary N) is 2. The van der Waals surface area contributed by atoms with Crippen molar-refractivity contribution in [3.63, 3.8) is 0 Å². The maximum atomic E-state index is 13.4. The average Bonchev–Trinajstić information content (AvgIpc) is 2.97. The van der Waals surface area contributed by atoms with E-state index in [9.17, 15) is 9.59 Å². The van der Waals surface area contributed by atoms with Crippen LogP contribution in [0.3, 0.4) is 0 Å². The van der Waals surface area contributed by atoms with E-state index in [1.54, 1.807) is 29.2 Å². The van der Waals surface area contributed by atoms with Gasteiger partial charge in [0.1, 0.15) is 12.4 Å². The van der Waals surface area contributed by atoms with E-state index in [0.717, 1.165) is 24.1 Å². The maximum absolute atomic E-state index is 13.4. The number of hydrogen-bond acceptors (Lipinski definition) is 5. The number of hydrogen-bond donors (Lipinski definition) is 3. The fraction of sp³-hybridized carbons (Fsp3) is 0.212. The number of para-hydroxylation sites is 2. The summed E-state index contributed by atoms with van der Waals surface area (Å²) in [4.78, 5) is 30.0. The monoisotopic (exact) mass is 551 g/mol. The number of nitrogens with zero attached hydrogens (tertiary/aromatic N) is 2. The van der Waals surface area contributed by atoms with Gasteiger partial charge in [-0.05, 0) is 74.6 Å². The number of carbonyl (C=O) groups is 2. The quantitative estimate of drug-likeness (QED) is 0.185. The van der Waals surface area contributed by atoms with Crippen LogP contribution in [-0.4, -0.2) is 48.9 Å². The zero-order valence-corrected chi connectivity index (χ0v) is 23.5. The van der Waals surface area contributed by atoms with Crippen molar-refractivity contribution in [1.82, 2.24) is 9.80 Å². The van der Waals surface area contributed by atoms with Gasteiger partial charge in [0.2, 0.25) is 0 Å². The van der Waals surface area contributed by atoms with Crippen molar-refractivity contribution in [2.24, 2.45) is 0 Å². The molecule has 8 heteroatoms. The lowest BCUT2D eigenvalue weighted by molar-refractivity contribution is 0.102. The van der Waals surface area contributed by atoms with Crippen molar-refractivity contribution >= 4 is 29.0 Å². The highest BCUT2D eigenvalue weighted by atomic mass is 16.5. The molecule has 0 unspecified atom stereocenters. The van der Waals surface area contributed by atoms with Crippen molar-refractivity contribution in [3.05, 3.63) is 120 Å². The van der Waals surface area contributed by atoms with E-state index in [4.69, 9.17) is 10.5 Å². The first-order chi connectivity index (χ1) is 19.9. The van der Waals surface area contributed by atoms with Crippen LogP contribution < -0.4 is 21.1 Å². The molecule has 4 aromatic carbocycles. The van der Waals surface area contributed by atoms with E-state index in [-0.39, 0.29) is 11.9 Å². The molecule has 0 bridgehead atoms. The molecule has 0 spiro atoms. The molecule has 4 aromatic rings. The molecule has 0 aromatic heterocycles. The molecule has 0 radical (unpaired) electrons. The fourth-order valence-electron chi connectivity index (χ4n) is 4.22. The standard InChI is InChI=1S/C33H37N5O3/c1-37(2)20-9-21-38(23-25-16-18-27(19-17-25)32(39)36-31-15-7-6-14-30(31)34)33(40)35-28-12-8-13-29(22-28)41-24-26-10-4-3-5-11-26/h3-8,10-19,22H,9,20-21,23-24,34H2,1-2H3,(H,35,40)(H,36,39). The van der Waals surface area contributed by atoms with Crippen LogP contribution in [0.1, 0.15) is 27.9 Å². The third-order valence-corrected chi connectivity index (χ3v) is 6.45. The van der Waals surface area contributed by atoms with Crippen LogP contribution in [0.4, 0.5) is 21.9 Å². The molecule has 4 rings (SSSR count). The number of anilines is 3. The van der Waals surface area contributed by atoms with Crippen molar-refractivity contribution in [3.8, 4) is 5.75 Å². The first-order valence-electron chi connectivity index (χ1n) is 13.6. The molecular formula is C33H37N5O3. The second-order valence-electron chi connectivity index (χ2n) is 10.0. The molecule has 8 nitrogen and oxygen atoms in total. The molecule has 0 aliphatic carbocycles. The van der Waals surface area contributed by atoms with E-state index in [1.165, 1.54) is 0 Å². The third-order valence-electron chi connectivity index (χ3n) is 6.45. The number of rotatable bonds is 12. The molecule has 0 fully saturated rings. The number of benzene rings is 4. The number of ether oxygens (including phenoxy) is 1. The van der Waals surface area contributed by atoms with E-state index in [0.29, 0.717) is 48.1 Å². The van der Waals surface area contributed by atoms with E-state index < -0.39 is 0 Å². The van der Waals surface area contributed by atoms with Gasteiger partial charge in [-0.2, -0.15) is 0 Å². The molecule has 4 N–H and O–H groups in total. The van der Waals surface area contributed by atoms with E-state index in [1.807, 2.05) is 93.0 Å². The molecule has 0 aliphatic rings. The molecule has 41 heavy (non-hydrogen) atoms. The SMILES string of the molecule is CN(C)CCCN(Cc1ccc(C(=O)Nc2ccccc2N)cc1)C(=O)Nc1cccc(OCc2ccccc2)c1. The predicted molar refractivity (Wildman–Crippen MR) is 165 cm³/mol. The number of amides is 3. The van der Waals surface area contributed by atoms with Crippen LogP contribution in [0.2, 0.25) is 0 Å². The largest absolute Gasteiger partial charge is 0.489 e. The molecule has 212 valence electrons. The van der Waals surface area contributed by atoms with Crippen molar-refractivity contribution in [2.75, 3.05) is 43.6 Å². The van der Waals surface area contributed by atoms with Crippen LogP contribution in [0.5, 0.6) is 5.75 Å². The third kappa shape index (κ3) is 9.12. The Morgan fingerprint density at radius 1 is 0.780 bits per heavy atom. The second kappa shape index (κ2) is 14.5. The minimum Gasteiger partial charge on any atom is -0.489 e. The summed E-state index contributed by atoms with van der Waals surface area (Å²) < 4.78 is 5.93. The highest BCUT2D eigenvalue weighted by Gasteiger charge is 2.16. The van der Waals surface area contributed by atoms with Gasteiger partial charge in [-0.25, -0.2) is 4.79 Å². The summed E-state index contributed by atoms with van der Waals surface area (Å²) >= 11 is 0. The second-order valence-corrected chi connectivity index (χ2v) is 10.0. The van der Waals surface area contributed by atoms with Gasteiger partial charge in [0, 0.05) is 30.4 Å². The Kier molecular flexibility index (Phi) is 10.3. The predicted octanol–water partition coefficient (Wildman–Crippen LogP) is 6.09. The topological polar surface area (TPSA) is 99.9 Å². The molecule has 0 heterocycles. The molecular weight excluding hydrogens is 514 g/mol. The Labute approximate surface area is 241 Å². The molecule has 3 amide bonds. The average molecular weight is 552 g/mol. The Hall–Kier alpha value is -4.82. The first kappa shape index (κ1) is 29.2. The first-order valence-corrected chi connectivity index (χ1v) is 13.6. The van der Waals surface area contributed by atoms with Gasteiger partial charge in [-0.3, -0.25) is 4.79 Å². The summed E-state index contributed by atoms with van der Waals surface area (Å²) in [5.41, 5.74) is 10.2. The van der Waals surface area contributed by atoms with Gasteiger partial charge in [0.25, 0.3) is 5.91 Å². The Morgan fingerprint density at radius 2 is 1.51 bits per heavy atom. The summed E-state index contributed by atoms with van der Waals surface area (Å²) in [6.07, 6.45) is 0.819. The van der Waals surface area contributed by atoms with Gasteiger partial charge in [0.15, 0.2) is 0 Å². The summed E-state index contributed by atoms with van der Waals surface area (Å²) in [6.45, 7) is 2.27. The Bertz CT molecular complexity index is 1420. The highest BCUT2D eigenvalue weighted by molar-refractivity contribution is 6.05. The van der Waals surface area contributed by atoms with Crippen molar-refractivity contribution in [1.29, 1.82) is 0 Å². The smallest absolute Gasteiger partial charge is 0.322 e. The van der Waals surface area contributed by atoms with Crippen molar-refractivity contribution < 1.29 is 14.3 Å². The lowest BCUT2D eigenvalue weighted by atomic mass is 10.1. The summed E-state index contributed by atoms with van der Waals surface area (Å²) in [5, 5.41) is 5.86. The maximum Gasteiger partial charge on any atom is 0.322 e. The summed E-state index contributed by atoms with van der Waals surface area (Å²) in [7, 11) is 4.02. The van der Waals surface area contributed by atoms with Crippen LogP contribution >= 0.6 is 0 Å². The minimum absolute atomic E-state index is 0.203. The van der Waals surface area contributed by atoms with Gasteiger partial charge in [-0.15, -0.1) is 0 Å². The van der Waals surface area contributed by atoms with Gasteiger partial charge < -0.3 is 30.9 Å². The van der Waals surface area contributed by atoms with Crippen LogP contribution in [0.15, 0.2) is 103 Å². The number of nitrogens with two attached hydrogens (primary N) is 1. The molecule has 0 saturated heterocycles. The number of urea groups is 1. The van der Waals surface area contributed by atoms with E-state index in [2.05, 4.69) is 15.5 Å². The fourth-order valence-corrected chi connectivity index (χ4v) is 4.22. The normalized spacial score (nSPS) is 10.7. The number of nitrogen functional groups attached to an aromatic ring is 1. The summed E-state index contributed by atoms with van der Waals surface area (Å²) in [5.74, 6) is 0.432. The Morgan fingerprint density at radius 3 is 2.24 bits per heavy atom. The zero-order chi connectivity index (χ0) is 29.0. The molecule has 0 saturated carbocycles. The van der Waals surface area contributed by atoms with Gasteiger partial charge in [-0.1, -0.05) is 60.7 Å². The van der Waals surface area contributed by atoms with Gasteiger partial charge in [0.05, 0.1) is 11.4 Å². The minimum atomic E-state index is -0.246. The summed E-state index contributed by atoms with van der Waals surface area (Å²) in [6, 6.07) is 31.5. The van der Waals surface area contributed by atoms with Gasteiger partial charge >= 0.3 is 6.03 Å². The lowest BCUT2D eigenvalue weighted by Gasteiger charge is -2.24. The molecule has 0 atom stereocenters. The lowest BCUT2D eigenvalue weighted by Crippen LogP contribution is -2.36. The van der Waals surface area contributed by atoms with Crippen LogP contribution in [0.25, 0.3) is 0 Å². The molecule has 0 aliphatic heterocycles. The highest BCUT2D eigenvalue weighted by Crippen LogP contribution is 2.21. The van der Waals surface area contributed by atoms with Crippen molar-refractivity contribution in [2.45, 2.75) is 19.6 Å². The van der Waals surface area contributed by atoms with Crippen LogP contribution in [-0.2, 0) is 13.2 Å².